The second kappa shape index (κ2) is 7.93. The maximum atomic E-state index is 4.11. The van der Waals surface area contributed by atoms with Gasteiger partial charge < -0.3 is 5.32 Å². The Morgan fingerprint density at radius 3 is 2.67 bits per heavy atom. The topological polar surface area (TPSA) is 24.9 Å². The van der Waals surface area contributed by atoms with E-state index in [0.717, 1.165) is 16.9 Å². The largest absolute Gasteiger partial charge is 0.356 e. The number of nitrogens with zero attached hydrogens (tertiary/aromatic N) is 1. The summed E-state index contributed by atoms with van der Waals surface area (Å²) >= 11 is 0. The minimum atomic E-state index is 1.04. The normalized spacial score (nSPS) is 12.3. The van der Waals surface area contributed by atoms with Gasteiger partial charge in [-0.25, -0.2) is 0 Å². The lowest BCUT2D eigenvalue weighted by Crippen LogP contribution is -1.96. The molecule has 0 bridgehead atoms. The number of hydrogen-bond donors (Lipinski definition) is 1. The van der Waals surface area contributed by atoms with Crippen molar-refractivity contribution in [3.05, 3.63) is 103 Å². The van der Waals surface area contributed by atoms with Crippen LogP contribution >= 0.6 is 0 Å². The number of rotatable bonds is 5. The van der Waals surface area contributed by atoms with E-state index in [0.29, 0.717) is 0 Å². The Balaban J connectivity index is 1.79. The van der Waals surface area contributed by atoms with Gasteiger partial charge in [0, 0.05) is 23.8 Å². The Morgan fingerprint density at radius 1 is 1.00 bits per heavy atom. The maximum Gasteiger partial charge on any atom is 0.0390 e. The lowest BCUT2D eigenvalue weighted by molar-refractivity contribution is 1.32. The highest BCUT2D eigenvalue weighted by Gasteiger charge is 1.97. The monoisotopic (exact) mass is 312 g/mol. The first-order chi connectivity index (χ1) is 11.8. The van der Waals surface area contributed by atoms with Gasteiger partial charge in [0.15, 0.2) is 0 Å². The van der Waals surface area contributed by atoms with Crippen molar-refractivity contribution in [1.29, 1.82) is 0 Å². The van der Waals surface area contributed by atoms with E-state index in [9.17, 15) is 0 Å². The van der Waals surface area contributed by atoms with Crippen LogP contribution in [0.2, 0.25) is 0 Å². The van der Waals surface area contributed by atoms with E-state index in [2.05, 4.69) is 64.9 Å². The summed E-state index contributed by atoms with van der Waals surface area (Å²) in [5, 5.41) is 5.94. The third-order valence-corrected chi connectivity index (χ3v) is 3.63. The molecule has 1 aromatic heterocycles. The van der Waals surface area contributed by atoms with E-state index in [1.165, 1.54) is 10.8 Å². The zero-order valence-electron chi connectivity index (χ0n) is 13.7. The molecule has 0 aliphatic heterocycles. The molecule has 2 heteroatoms. The molecule has 0 unspecified atom stereocenters. The lowest BCUT2D eigenvalue weighted by Gasteiger charge is -2.08. The van der Waals surface area contributed by atoms with Crippen LogP contribution in [-0.4, -0.2) is 4.98 Å². The fraction of sp³-hybridized carbons (Fsp3) is 0.0455. The van der Waals surface area contributed by atoms with Crippen LogP contribution in [0.1, 0.15) is 12.5 Å². The second-order valence-corrected chi connectivity index (χ2v) is 5.45. The van der Waals surface area contributed by atoms with Crippen LogP contribution in [0.4, 0.5) is 5.69 Å². The summed E-state index contributed by atoms with van der Waals surface area (Å²) in [6, 6.07) is 18.7. The molecule has 118 valence electrons. The van der Waals surface area contributed by atoms with E-state index in [1.54, 1.807) is 6.20 Å². The molecule has 3 rings (SSSR count). The highest BCUT2D eigenvalue weighted by molar-refractivity contribution is 5.86. The van der Waals surface area contributed by atoms with Crippen molar-refractivity contribution >= 4 is 22.5 Å². The van der Waals surface area contributed by atoms with Gasteiger partial charge in [-0.2, -0.15) is 0 Å². The van der Waals surface area contributed by atoms with E-state index in [4.69, 9.17) is 0 Å². The van der Waals surface area contributed by atoms with Crippen LogP contribution in [0.15, 0.2) is 97.0 Å². The number of benzene rings is 2. The number of anilines is 1. The fourth-order valence-corrected chi connectivity index (χ4v) is 2.49. The summed E-state index contributed by atoms with van der Waals surface area (Å²) in [6.07, 6.45) is 13.8. The molecule has 1 heterocycles. The van der Waals surface area contributed by atoms with Gasteiger partial charge in [-0.15, -0.1) is 0 Å². The Hall–Kier alpha value is -3.13. The summed E-state index contributed by atoms with van der Waals surface area (Å²) in [6.45, 7) is 2.01. The van der Waals surface area contributed by atoms with Crippen LogP contribution in [0.5, 0.6) is 0 Å². The molecular formula is C22H20N2. The molecule has 0 fully saturated rings. The van der Waals surface area contributed by atoms with E-state index in [1.807, 2.05) is 43.5 Å². The number of nitrogens with one attached hydrogen (secondary N) is 1. The van der Waals surface area contributed by atoms with Gasteiger partial charge in [0.2, 0.25) is 0 Å². The van der Waals surface area contributed by atoms with Crippen molar-refractivity contribution in [1.82, 2.24) is 4.98 Å². The molecule has 0 atom stereocenters. The quantitative estimate of drug-likeness (QED) is 0.600. The average Bonchev–Trinajstić information content (AvgIpc) is 2.63. The van der Waals surface area contributed by atoms with E-state index < -0.39 is 0 Å². The maximum absolute atomic E-state index is 4.11. The SMILES string of the molecule is C\C=C/C(=C\C=C\c1cccnc1)Nc1ccc2ccccc2c1. The number of pyridine rings is 1. The van der Waals surface area contributed by atoms with Crippen LogP contribution in [0.3, 0.4) is 0 Å². The number of hydrogen-bond acceptors (Lipinski definition) is 2. The van der Waals surface area contributed by atoms with Gasteiger partial charge >= 0.3 is 0 Å². The summed E-state index contributed by atoms with van der Waals surface area (Å²) < 4.78 is 0. The molecule has 24 heavy (non-hydrogen) atoms. The molecule has 0 aliphatic carbocycles. The molecule has 0 radical (unpaired) electrons. The minimum absolute atomic E-state index is 1.04. The van der Waals surface area contributed by atoms with Crippen LogP contribution < -0.4 is 5.32 Å². The first-order valence-electron chi connectivity index (χ1n) is 8.02. The Morgan fingerprint density at radius 2 is 1.88 bits per heavy atom. The van der Waals surface area contributed by atoms with Crippen molar-refractivity contribution in [2.24, 2.45) is 0 Å². The van der Waals surface area contributed by atoms with Gasteiger partial charge in [-0.1, -0.05) is 54.6 Å². The molecule has 3 aromatic rings. The van der Waals surface area contributed by atoms with E-state index >= 15 is 0 Å². The van der Waals surface area contributed by atoms with E-state index in [-0.39, 0.29) is 0 Å². The molecule has 0 saturated heterocycles. The average molecular weight is 312 g/mol. The van der Waals surface area contributed by atoms with Crippen LogP contribution in [0.25, 0.3) is 16.8 Å². The third kappa shape index (κ3) is 4.20. The standard InChI is InChI=1S/C22H20N2/c1-2-7-21(12-5-8-18-9-6-15-23-17-18)24-22-14-13-19-10-3-4-11-20(19)16-22/h2-17,24H,1H3/b7-2-,8-5+,21-12+. The fourth-order valence-electron chi connectivity index (χ4n) is 2.49. The minimum Gasteiger partial charge on any atom is -0.356 e. The summed E-state index contributed by atoms with van der Waals surface area (Å²) in [5.41, 5.74) is 3.19. The first kappa shape index (κ1) is 15.8. The highest BCUT2D eigenvalue weighted by Crippen LogP contribution is 2.20. The molecule has 0 saturated carbocycles. The predicted octanol–water partition coefficient (Wildman–Crippen LogP) is 5.82. The third-order valence-electron chi connectivity index (χ3n) is 3.63. The van der Waals surface area contributed by atoms with Gasteiger partial charge in [-0.3, -0.25) is 4.98 Å². The summed E-state index contributed by atoms with van der Waals surface area (Å²) in [5.74, 6) is 0. The molecule has 0 amide bonds. The summed E-state index contributed by atoms with van der Waals surface area (Å²) in [4.78, 5) is 4.11. The lowest BCUT2D eigenvalue weighted by atomic mass is 10.1. The Bertz CT molecular complexity index is 890. The summed E-state index contributed by atoms with van der Waals surface area (Å²) in [7, 11) is 0. The van der Waals surface area contributed by atoms with Gasteiger partial charge in [0.1, 0.15) is 0 Å². The van der Waals surface area contributed by atoms with Crippen molar-refractivity contribution in [2.45, 2.75) is 6.92 Å². The molecule has 2 nitrogen and oxygen atoms in total. The van der Waals surface area contributed by atoms with Gasteiger partial charge in [-0.05, 0) is 53.6 Å². The molecular weight excluding hydrogens is 292 g/mol. The van der Waals surface area contributed by atoms with Crippen molar-refractivity contribution < 1.29 is 0 Å². The Kier molecular flexibility index (Phi) is 5.21. The molecule has 1 N–H and O–H groups in total. The smallest absolute Gasteiger partial charge is 0.0390 e. The number of allylic oxidation sites excluding steroid dienone is 4. The van der Waals surface area contributed by atoms with Gasteiger partial charge in [0.05, 0.1) is 0 Å². The molecule has 0 aliphatic rings. The Labute approximate surface area is 142 Å². The number of aromatic nitrogens is 1. The predicted molar refractivity (Wildman–Crippen MR) is 104 cm³/mol. The first-order valence-corrected chi connectivity index (χ1v) is 8.02. The van der Waals surface area contributed by atoms with Crippen molar-refractivity contribution in [3.8, 4) is 0 Å². The number of fused-ring (bicyclic) bond motifs is 1. The zero-order chi connectivity index (χ0) is 16.6. The van der Waals surface area contributed by atoms with Gasteiger partial charge in [0.25, 0.3) is 0 Å². The van der Waals surface area contributed by atoms with Crippen molar-refractivity contribution in [3.63, 3.8) is 0 Å². The molecule has 2 aromatic carbocycles. The second-order valence-electron chi connectivity index (χ2n) is 5.45. The zero-order valence-corrected chi connectivity index (χ0v) is 13.7. The van der Waals surface area contributed by atoms with Crippen LogP contribution in [-0.2, 0) is 0 Å². The highest BCUT2D eigenvalue weighted by atomic mass is 14.9. The van der Waals surface area contributed by atoms with Crippen LogP contribution in [0, 0.1) is 0 Å². The van der Waals surface area contributed by atoms with Crippen molar-refractivity contribution in [2.75, 3.05) is 5.32 Å². The molecule has 0 spiro atoms.